The molecule has 3 aromatic carbocycles. The summed E-state index contributed by atoms with van der Waals surface area (Å²) < 4.78 is 17.7. The Kier molecular flexibility index (Phi) is 8.93. The number of halogens is 1. The van der Waals surface area contributed by atoms with Crippen molar-refractivity contribution in [3.8, 4) is 0 Å². The summed E-state index contributed by atoms with van der Waals surface area (Å²) in [5.74, 6) is 2.73. The second kappa shape index (κ2) is 12.3. The second-order valence-corrected chi connectivity index (χ2v) is 9.25. The molecular formula is C30H30BBrO5. The fourth-order valence-electron chi connectivity index (χ4n) is 4.16. The number of hydrogen-bond acceptors (Lipinski definition) is 5. The molecule has 0 aliphatic carbocycles. The minimum atomic E-state index is -1.46. The molecule has 3 aromatic heterocycles. The Morgan fingerprint density at radius 1 is 0.649 bits per heavy atom. The third-order valence-corrected chi connectivity index (χ3v) is 6.91. The van der Waals surface area contributed by atoms with E-state index in [0.29, 0.717) is 23.2 Å². The van der Waals surface area contributed by atoms with Gasteiger partial charge in [-0.25, -0.2) is 0 Å². The molecule has 0 fully saturated rings. The largest absolute Gasteiger partial charge is 0.492 e. The highest BCUT2D eigenvalue weighted by Gasteiger charge is 2.22. The van der Waals surface area contributed by atoms with Gasteiger partial charge in [-0.2, -0.15) is 0 Å². The van der Waals surface area contributed by atoms with Gasteiger partial charge in [-0.1, -0.05) is 69.3 Å². The highest BCUT2D eigenvalue weighted by molar-refractivity contribution is 9.10. The molecule has 0 saturated heterocycles. The Morgan fingerprint density at radius 2 is 1.19 bits per heavy atom. The Bertz CT molecular complexity index is 1560. The number of rotatable bonds is 4. The van der Waals surface area contributed by atoms with Gasteiger partial charge in [-0.05, 0) is 46.3 Å². The lowest BCUT2D eigenvalue weighted by molar-refractivity contribution is 0.424. The van der Waals surface area contributed by atoms with E-state index in [4.69, 9.17) is 13.3 Å². The summed E-state index contributed by atoms with van der Waals surface area (Å²) in [4.78, 5) is 0. The van der Waals surface area contributed by atoms with Crippen molar-refractivity contribution in [2.75, 3.05) is 0 Å². The smallest absolute Gasteiger partial charge is 0.461 e. The van der Waals surface area contributed by atoms with Crippen LogP contribution in [0.25, 0.3) is 32.9 Å². The van der Waals surface area contributed by atoms with Gasteiger partial charge in [0.15, 0.2) is 0 Å². The van der Waals surface area contributed by atoms with E-state index in [9.17, 15) is 10.0 Å². The zero-order chi connectivity index (χ0) is 26.4. The fraction of sp³-hybridized carbons (Fsp3) is 0.200. The lowest BCUT2D eigenvalue weighted by atomic mass is 9.77. The topological polar surface area (TPSA) is 79.9 Å². The Labute approximate surface area is 225 Å². The lowest BCUT2D eigenvalue weighted by Gasteiger charge is -1.97. The van der Waals surface area contributed by atoms with Crippen molar-refractivity contribution in [3.05, 3.63) is 101 Å². The van der Waals surface area contributed by atoms with Gasteiger partial charge < -0.3 is 23.3 Å². The number of fused-ring (bicyclic) bond motifs is 3. The molecule has 3 heterocycles. The molecular weight excluding hydrogens is 531 g/mol. The van der Waals surface area contributed by atoms with E-state index in [-0.39, 0.29) is 0 Å². The Balaban J connectivity index is 0.000000131. The zero-order valence-electron chi connectivity index (χ0n) is 21.2. The molecule has 0 atom stereocenters. The van der Waals surface area contributed by atoms with Crippen LogP contribution in [0.4, 0.5) is 0 Å². The van der Waals surface area contributed by atoms with Gasteiger partial charge in [0.25, 0.3) is 0 Å². The van der Waals surface area contributed by atoms with Gasteiger partial charge >= 0.3 is 7.12 Å². The molecule has 2 N–H and O–H groups in total. The molecule has 6 rings (SSSR count). The first-order valence-corrected chi connectivity index (χ1v) is 13.3. The minimum Gasteiger partial charge on any atom is -0.461 e. The maximum atomic E-state index is 9.22. The maximum Gasteiger partial charge on any atom is 0.492 e. The van der Waals surface area contributed by atoms with Gasteiger partial charge in [-0.15, -0.1) is 0 Å². The van der Waals surface area contributed by atoms with Crippen LogP contribution in [0.1, 0.15) is 38.1 Å². The van der Waals surface area contributed by atoms with Crippen molar-refractivity contribution in [3.63, 3.8) is 0 Å². The van der Waals surface area contributed by atoms with E-state index in [1.54, 1.807) is 0 Å². The monoisotopic (exact) mass is 560 g/mol. The number of furan rings is 3. The van der Waals surface area contributed by atoms with E-state index in [2.05, 4.69) is 48.0 Å². The maximum absolute atomic E-state index is 9.22. The molecule has 0 aliphatic heterocycles. The standard InChI is InChI=1S/C10H11BO3.C10H9BrO.C10H10O/c1-2-8-10(11(12)13)7-5-3-4-6-9(7)14-8;1-2-8-10(11)7-5-3-4-6-9(7)12-8;1-2-9-7-8-5-3-4-6-10(8)11-9/h3-6,12-13H,2H2,1H3;3-6H,2H2,1H3;3-7H,2H2,1H3. The normalized spacial score (nSPS) is 10.8. The van der Waals surface area contributed by atoms with Crippen LogP contribution in [-0.4, -0.2) is 17.2 Å². The number of aryl methyl sites for hydroxylation is 3. The predicted molar refractivity (Wildman–Crippen MR) is 154 cm³/mol. The van der Waals surface area contributed by atoms with Crippen LogP contribution in [0.15, 0.2) is 96.6 Å². The van der Waals surface area contributed by atoms with Gasteiger partial charge in [0, 0.05) is 40.9 Å². The molecule has 37 heavy (non-hydrogen) atoms. The van der Waals surface area contributed by atoms with E-state index in [0.717, 1.165) is 50.8 Å². The Hall–Kier alpha value is -3.26. The molecule has 7 heteroatoms. The van der Waals surface area contributed by atoms with Crippen molar-refractivity contribution in [2.45, 2.75) is 40.0 Å². The van der Waals surface area contributed by atoms with Crippen molar-refractivity contribution < 1.29 is 23.3 Å². The summed E-state index contributed by atoms with van der Waals surface area (Å²) in [6.45, 7) is 6.10. The third kappa shape index (κ3) is 6.01. The van der Waals surface area contributed by atoms with Gasteiger partial charge in [0.05, 0.1) is 4.47 Å². The summed E-state index contributed by atoms with van der Waals surface area (Å²) in [7, 11) is -1.46. The number of benzene rings is 3. The van der Waals surface area contributed by atoms with E-state index < -0.39 is 7.12 Å². The van der Waals surface area contributed by atoms with Crippen LogP contribution in [-0.2, 0) is 19.3 Å². The van der Waals surface area contributed by atoms with Crippen LogP contribution in [0.5, 0.6) is 0 Å². The molecule has 0 amide bonds. The van der Waals surface area contributed by atoms with E-state index >= 15 is 0 Å². The van der Waals surface area contributed by atoms with Crippen LogP contribution in [0.3, 0.4) is 0 Å². The first kappa shape index (κ1) is 26.8. The third-order valence-electron chi connectivity index (χ3n) is 6.04. The average molecular weight is 561 g/mol. The summed E-state index contributed by atoms with van der Waals surface area (Å²) >= 11 is 3.52. The molecule has 0 spiro atoms. The quantitative estimate of drug-likeness (QED) is 0.219. The first-order chi connectivity index (χ1) is 18.0. The zero-order valence-corrected chi connectivity index (χ0v) is 22.8. The summed E-state index contributed by atoms with van der Waals surface area (Å²) in [6, 6.07) is 25.6. The summed E-state index contributed by atoms with van der Waals surface area (Å²) in [5, 5.41) is 21.6. The van der Waals surface area contributed by atoms with Crippen molar-refractivity contribution in [1.82, 2.24) is 0 Å². The van der Waals surface area contributed by atoms with Gasteiger partial charge in [-0.3, -0.25) is 0 Å². The van der Waals surface area contributed by atoms with Crippen LogP contribution < -0.4 is 5.46 Å². The molecule has 190 valence electrons. The van der Waals surface area contributed by atoms with Gasteiger partial charge in [0.1, 0.15) is 34.0 Å². The highest BCUT2D eigenvalue weighted by atomic mass is 79.9. The number of hydrogen-bond donors (Lipinski definition) is 2. The minimum absolute atomic E-state index is 0.489. The van der Waals surface area contributed by atoms with Gasteiger partial charge in [0.2, 0.25) is 0 Å². The van der Waals surface area contributed by atoms with Crippen molar-refractivity contribution in [2.24, 2.45) is 0 Å². The summed E-state index contributed by atoms with van der Waals surface area (Å²) in [6.07, 6.45) is 2.55. The molecule has 0 radical (unpaired) electrons. The average Bonchev–Trinajstić information content (AvgIpc) is 3.62. The SMILES string of the molecule is CCc1cc2ccccc2o1.CCc1oc2ccccc2c1B(O)O.CCc1oc2ccccc2c1Br. The van der Waals surface area contributed by atoms with E-state index in [1.165, 1.54) is 5.39 Å². The molecule has 0 saturated carbocycles. The molecule has 6 aromatic rings. The molecule has 0 unspecified atom stereocenters. The van der Waals surface area contributed by atoms with Crippen LogP contribution >= 0.6 is 15.9 Å². The molecule has 5 nitrogen and oxygen atoms in total. The summed E-state index contributed by atoms with van der Waals surface area (Å²) in [5.41, 5.74) is 3.14. The second-order valence-electron chi connectivity index (χ2n) is 8.46. The van der Waals surface area contributed by atoms with Crippen molar-refractivity contribution in [1.29, 1.82) is 0 Å². The predicted octanol–water partition coefficient (Wildman–Crippen LogP) is 7.43. The fourth-order valence-corrected chi connectivity index (χ4v) is 4.85. The Morgan fingerprint density at radius 3 is 1.76 bits per heavy atom. The van der Waals surface area contributed by atoms with Crippen LogP contribution in [0, 0.1) is 0 Å². The molecule has 0 bridgehead atoms. The van der Waals surface area contributed by atoms with E-state index in [1.807, 2.05) is 67.6 Å². The highest BCUT2D eigenvalue weighted by Crippen LogP contribution is 2.30. The molecule has 0 aliphatic rings. The lowest BCUT2D eigenvalue weighted by Crippen LogP contribution is -2.31. The number of para-hydroxylation sites is 3. The van der Waals surface area contributed by atoms with Crippen LogP contribution in [0.2, 0.25) is 0 Å². The first-order valence-electron chi connectivity index (χ1n) is 12.5. The van der Waals surface area contributed by atoms with Crippen molar-refractivity contribution >= 4 is 61.4 Å².